The summed E-state index contributed by atoms with van der Waals surface area (Å²) < 4.78 is 16.9. The second kappa shape index (κ2) is 8.48. The molecule has 1 aliphatic carbocycles. The molecule has 3 rings (SSSR count). The third kappa shape index (κ3) is 4.22. The standard InChI is InChI=1S/C21H33N3O3/c1-14-6-7-15(17(12-14)26-11-10-25-5)13-23-20(22-4)24-18-16-8-9-27-19(16)21(18,2)3/h6-7,12,16,18-19H,8-11,13H2,1-5H3,(H2,22,23,24). The molecule has 0 amide bonds. The van der Waals surface area contributed by atoms with Crippen LogP contribution in [0.4, 0.5) is 0 Å². The number of benzene rings is 1. The number of aliphatic imine (C=N–C) groups is 1. The summed E-state index contributed by atoms with van der Waals surface area (Å²) in [6.07, 6.45) is 1.49. The lowest BCUT2D eigenvalue weighted by Gasteiger charge is -2.54. The number of nitrogens with zero attached hydrogens (tertiary/aromatic N) is 1. The van der Waals surface area contributed by atoms with Crippen LogP contribution < -0.4 is 15.4 Å². The monoisotopic (exact) mass is 375 g/mol. The third-order valence-electron chi connectivity index (χ3n) is 5.83. The maximum atomic E-state index is 5.89. The number of guanidine groups is 1. The number of ether oxygens (including phenoxy) is 3. The molecule has 2 aliphatic rings. The Morgan fingerprint density at radius 2 is 2.15 bits per heavy atom. The Labute approximate surface area is 162 Å². The van der Waals surface area contributed by atoms with Crippen LogP contribution in [-0.4, -0.2) is 52.1 Å². The number of hydrogen-bond donors (Lipinski definition) is 2. The van der Waals surface area contributed by atoms with Crippen LogP contribution in [0.15, 0.2) is 23.2 Å². The van der Waals surface area contributed by atoms with E-state index in [-0.39, 0.29) is 5.41 Å². The predicted octanol–water partition coefficient (Wildman–Crippen LogP) is 2.50. The first kappa shape index (κ1) is 20.0. The molecule has 3 unspecified atom stereocenters. The van der Waals surface area contributed by atoms with Gasteiger partial charge in [-0.1, -0.05) is 26.0 Å². The Hall–Kier alpha value is -1.79. The molecule has 2 fully saturated rings. The van der Waals surface area contributed by atoms with Gasteiger partial charge in [-0.15, -0.1) is 0 Å². The topological polar surface area (TPSA) is 64.1 Å². The maximum Gasteiger partial charge on any atom is 0.191 e. The van der Waals surface area contributed by atoms with E-state index in [9.17, 15) is 0 Å². The molecule has 2 N–H and O–H groups in total. The molecule has 1 heterocycles. The molecule has 150 valence electrons. The third-order valence-corrected chi connectivity index (χ3v) is 5.83. The largest absolute Gasteiger partial charge is 0.491 e. The summed E-state index contributed by atoms with van der Waals surface area (Å²) in [5, 5.41) is 7.06. The van der Waals surface area contributed by atoms with Crippen LogP contribution in [0, 0.1) is 18.3 Å². The zero-order chi connectivity index (χ0) is 19.4. The van der Waals surface area contributed by atoms with Crippen molar-refractivity contribution < 1.29 is 14.2 Å². The van der Waals surface area contributed by atoms with Gasteiger partial charge in [0.2, 0.25) is 0 Å². The maximum absolute atomic E-state index is 5.89. The molecule has 1 saturated heterocycles. The predicted molar refractivity (Wildman–Crippen MR) is 107 cm³/mol. The van der Waals surface area contributed by atoms with E-state index in [1.165, 1.54) is 5.56 Å². The van der Waals surface area contributed by atoms with Crippen molar-refractivity contribution in [3.05, 3.63) is 29.3 Å². The molecule has 1 aromatic rings. The lowest BCUT2D eigenvalue weighted by atomic mass is 9.57. The Morgan fingerprint density at radius 3 is 2.89 bits per heavy atom. The van der Waals surface area contributed by atoms with Crippen molar-refractivity contribution in [2.24, 2.45) is 16.3 Å². The SMILES string of the molecule is CN=C(NCc1ccc(C)cc1OCCOC)NC1C2CCOC2C1(C)C. The molecule has 0 spiro atoms. The Bertz CT molecular complexity index is 675. The first-order valence-corrected chi connectivity index (χ1v) is 9.77. The van der Waals surface area contributed by atoms with Crippen molar-refractivity contribution in [1.82, 2.24) is 10.6 Å². The smallest absolute Gasteiger partial charge is 0.191 e. The quantitative estimate of drug-likeness (QED) is 0.436. The normalized spacial score (nSPS) is 26.3. The first-order chi connectivity index (χ1) is 13.0. The average molecular weight is 376 g/mol. The fraction of sp³-hybridized carbons (Fsp3) is 0.667. The number of hydrogen-bond acceptors (Lipinski definition) is 4. The zero-order valence-corrected chi connectivity index (χ0v) is 17.2. The number of aryl methyl sites for hydroxylation is 1. The number of nitrogens with one attached hydrogen (secondary N) is 2. The summed E-state index contributed by atoms with van der Waals surface area (Å²) in [6, 6.07) is 6.66. The first-order valence-electron chi connectivity index (χ1n) is 9.77. The van der Waals surface area contributed by atoms with Crippen molar-refractivity contribution in [1.29, 1.82) is 0 Å². The number of methoxy groups -OCH3 is 1. The van der Waals surface area contributed by atoms with Gasteiger partial charge in [0.1, 0.15) is 12.4 Å². The molecule has 0 bridgehead atoms. The molecule has 6 heteroatoms. The lowest BCUT2D eigenvalue weighted by molar-refractivity contribution is -0.106. The van der Waals surface area contributed by atoms with Gasteiger partial charge < -0.3 is 24.8 Å². The van der Waals surface area contributed by atoms with E-state index in [0.29, 0.717) is 37.8 Å². The van der Waals surface area contributed by atoms with Gasteiger partial charge in [0.05, 0.1) is 12.7 Å². The second-order valence-electron chi connectivity index (χ2n) is 8.07. The van der Waals surface area contributed by atoms with Gasteiger partial charge in [0.25, 0.3) is 0 Å². The summed E-state index contributed by atoms with van der Waals surface area (Å²) in [4.78, 5) is 4.42. The van der Waals surface area contributed by atoms with Crippen LogP contribution in [0.5, 0.6) is 5.75 Å². The van der Waals surface area contributed by atoms with E-state index in [0.717, 1.165) is 30.3 Å². The molecule has 0 radical (unpaired) electrons. The highest BCUT2D eigenvalue weighted by molar-refractivity contribution is 5.80. The summed E-state index contributed by atoms with van der Waals surface area (Å²) in [5.74, 6) is 2.29. The van der Waals surface area contributed by atoms with Crippen LogP contribution in [-0.2, 0) is 16.0 Å². The minimum Gasteiger partial charge on any atom is -0.491 e. The molecule has 1 saturated carbocycles. The molecule has 6 nitrogen and oxygen atoms in total. The van der Waals surface area contributed by atoms with Crippen molar-refractivity contribution >= 4 is 5.96 Å². The van der Waals surface area contributed by atoms with E-state index in [1.807, 2.05) is 7.05 Å². The Morgan fingerprint density at radius 1 is 1.33 bits per heavy atom. The second-order valence-corrected chi connectivity index (χ2v) is 8.07. The lowest BCUT2D eigenvalue weighted by Crippen LogP contribution is -2.67. The molecule has 3 atom stereocenters. The minimum absolute atomic E-state index is 0.122. The molecular formula is C21H33N3O3. The van der Waals surface area contributed by atoms with Crippen LogP contribution in [0.1, 0.15) is 31.4 Å². The van der Waals surface area contributed by atoms with Gasteiger partial charge >= 0.3 is 0 Å². The summed E-state index contributed by atoms with van der Waals surface area (Å²) in [7, 11) is 3.49. The van der Waals surface area contributed by atoms with Crippen LogP contribution in [0.25, 0.3) is 0 Å². The van der Waals surface area contributed by atoms with Crippen molar-refractivity contribution in [2.45, 2.75) is 45.9 Å². The van der Waals surface area contributed by atoms with Gasteiger partial charge in [0.15, 0.2) is 5.96 Å². The van der Waals surface area contributed by atoms with Gasteiger partial charge in [-0.25, -0.2) is 0 Å². The van der Waals surface area contributed by atoms with Crippen molar-refractivity contribution in [2.75, 3.05) is 34.0 Å². The molecule has 27 heavy (non-hydrogen) atoms. The van der Waals surface area contributed by atoms with Gasteiger partial charge in [-0.2, -0.15) is 0 Å². The zero-order valence-electron chi connectivity index (χ0n) is 17.2. The molecule has 0 aromatic heterocycles. The molecule has 1 aromatic carbocycles. The van der Waals surface area contributed by atoms with Crippen molar-refractivity contribution in [3.8, 4) is 5.75 Å². The van der Waals surface area contributed by atoms with Gasteiger partial charge in [-0.3, -0.25) is 4.99 Å². The highest BCUT2D eigenvalue weighted by Gasteiger charge is 2.59. The van der Waals surface area contributed by atoms with Crippen molar-refractivity contribution in [3.63, 3.8) is 0 Å². The van der Waals surface area contributed by atoms with Gasteiger partial charge in [-0.05, 0) is 25.0 Å². The van der Waals surface area contributed by atoms with E-state index in [4.69, 9.17) is 14.2 Å². The van der Waals surface area contributed by atoms with Crippen LogP contribution in [0.2, 0.25) is 0 Å². The Kier molecular flexibility index (Phi) is 6.27. The van der Waals surface area contributed by atoms with Gasteiger partial charge in [0, 0.05) is 50.2 Å². The fourth-order valence-corrected chi connectivity index (χ4v) is 4.32. The fourth-order valence-electron chi connectivity index (χ4n) is 4.32. The summed E-state index contributed by atoms with van der Waals surface area (Å²) in [5.41, 5.74) is 2.41. The molecule has 1 aliphatic heterocycles. The summed E-state index contributed by atoms with van der Waals surface area (Å²) in [6.45, 7) is 9.25. The van der Waals surface area contributed by atoms with E-state index >= 15 is 0 Å². The minimum atomic E-state index is 0.122. The van der Waals surface area contributed by atoms with E-state index in [1.54, 1.807) is 7.11 Å². The molecular weight excluding hydrogens is 342 g/mol. The van der Waals surface area contributed by atoms with Crippen LogP contribution in [0.3, 0.4) is 0 Å². The highest BCUT2D eigenvalue weighted by atomic mass is 16.5. The van der Waals surface area contributed by atoms with Crippen LogP contribution >= 0.6 is 0 Å². The number of rotatable bonds is 7. The average Bonchev–Trinajstić information content (AvgIpc) is 3.10. The van der Waals surface area contributed by atoms with E-state index < -0.39 is 0 Å². The summed E-state index contributed by atoms with van der Waals surface area (Å²) >= 11 is 0. The Balaban J connectivity index is 1.60. The number of fused-ring (bicyclic) bond motifs is 1. The van der Waals surface area contributed by atoms with E-state index in [2.05, 4.69) is 54.6 Å². The highest BCUT2D eigenvalue weighted by Crippen LogP contribution is 2.52.